The van der Waals surface area contributed by atoms with Crippen LogP contribution in [0.1, 0.15) is 50.5 Å². The average molecular weight is 386 g/mol. The number of amides is 2. The molecule has 2 amide bonds. The summed E-state index contributed by atoms with van der Waals surface area (Å²) in [4.78, 5) is 34.5. The second-order valence-corrected chi connectivity index (χ2v) is 8.42. The van der Waals surface area contributed by atoms with Gasteiger partial charge in [-0.15, -0.1) is 0 Å². The first-order valence-electron chi connectivity index (χ1n) is 10.8. The second kappa shape index (κ2) is 9.03. The van der Waals surface area contributed by atoms with Crippen LogP contribution < -0.4 is 0 Å². The molecule has 2 aliphatic heterocycles. The van der Waals surface area contributed by atoms with E-state index < -0.39 is 0 Å². The first kappa shape index (κ1) is 19.4. The van der Waals surface area contributed by atoms with Gasteiger partial charge in [-0.2, -0.15) is 0 Å². The molecule has 3 heterocycles. The largest absolute Gasteiger partial charge is 0.381 e. The molecule has 1 aromatic rings. The van der Waals surface area contributed by atoms with Crippen molar-refractivity contribution in [2.45, 2.75) is 57.5 Å². The van der Waals surface area contributed by atoms with Gasteiger partial charge < -0.3 is 14.5 Å². The van der Waals surface area contributed by atoms with Crippen molar-refractivity contribution in [3.8, 4) is 0 Å². The highest BCUT2D eigenvalue weighted by molar-refractivity contribution is 5.81. The first-order valence-corrected chi connectivity index (χ1v) is 10.8. The molecule has 2 saturated heterocycles. The Bertz CT molecular complexity index is 671. The monoisotopic (exact) mass is 385 g/mol. The third-order valence-corrected chi connectivity index (χ3v) is 6.53. The molecule has 1 aromatic heterocycles. The van der Waals surface area contributed by atoms with Crippen molar-refractivity contribution < 1.29 is 14.3 Å². The lowest BCUT2D eigenvalue weighted by Gasteiger charge is -2.43. The Hall–Kier alpha value is -1.95. The Balaban J connectivity index is 1.46. The summed E-state index contributed by atoms with van der Waals surface area (Å²) in [7, 11) is 0. The van der Waals surface area contributed by atoms with Crippen LogP contribution in [-0.4, -0.2) is 58.9 Å². The number of likely N-dealkylation sites (tertiary alicyclic amines) is 1. The van der Waals surface area contributed by atoms with Crippen LogP contribution in [0.3, 0.4) is 0 Å². The SMILES string of the molecule is O=C(C1CCOCC1)N1CCCC(N(Cc2cccnc2)C(=O)C2CCC2)C1. The summed E-state index contributed by atoms with van der Waals surface area (Å²) >= 11 is 0. The second-order valence-electron chi connectivity index (χ2n) is 8.42. The van der Waals surface area contributed by atoms with Crippen LogP contribution in [0.2, 0.25) is 0 Å². The minimum absolute atomic E-state index is 0.0848. The molecule has 1 unspecified atom stereocenters. The number of rotatable bonds is 5. The van der Waals surface area contributed by atoms with Gasteiger partial charge in [-0.05, 0) is 50.2 Å². The van der Waals surface area contributed by atoms with Crippen LogP contribution in [0.5, 0.6) is 0 Å². The zero-order valence-corrected chi connectivity index (χ0v) is 16.6. The predicted molar refractivity (Wildman–Crippen MR) is 105 cm³/mol. The van der Waals surface area contributed by atoms with Crippen LogP contribution in [0, 0.1) is 11.8 Å². The van der Waals surface area contributed by atoms with Gasteiger partial charge in [-0.3, -0.25) is 14.6 Å². The molecule has 28 heavy (non-hydrogen) atoms. The van der Waals surface area contributed by atoms with Gasteiger partial charge in [-0.1, -0.05) is 12.5 Å². The van der Waals surface area contributed by atoms with Gasteiger partial charge in [0.2, 0.25) is 11.8 Å². The molecule has 3 fully saturated rings. The molecule has 1 saturated carbocycles. The fourth-order valence-electron chi connectivity index (χ4n) is 4.58. The van der Waals surface area contributed by atoms with Crippen molar-refractivity contribution in [2.24, 2.45) is 11.8 Å². The number of carbonyl (C=O) groups is 2. The topological polar surface area (TPSA) is 62.7 Å². The molecule has 6 heteroatoms. The van der Waals surface area contributed by atoms with E-state index in [1.165, 1.54) is 0 Å². The molecule has 3 aliphatic rings. The number of piperidine rings is 1. The number of nitrogens with zero attached hydrogens (tertiary/aromatic N) is 3. The molecule has 0 bridgehead atoms. The lowest BCUT2D eigenvalue weighted by Crippen LogP contribution is -2.54. The number of ether oxygens (including phenoxy) is 1. The van der Waals surface area contributed by atoms with Crippen LogP contribution in [0.15, 0.2) is 24.5 Å². The standard InChI is InChI=1S/C22H31N3O3/c26-21(19-8-12-28-13-9-19)24-11-3-7-20(16-24)25(22(27)18-5-1-6-18)15-17-4-2-10-23-14-17/h2,4,10,14,18-20H,1,3,5-9,11-13,15-16H2. The molecule has 0 spiro atoms. The fourth-order valence-corrected chi connectivity index (χ4v) is 4.58. The van der Waals surface area contributed by atoms with E-state index in [1.807, 2.05) is 28.1 Å². The number of aromatic nitrogens is 1. The summed E-state index contributed by atoms with van der Waals surface area (Å²) in [6.45, 7) is 3.43. The van der Waals surface area contributed by atoms with Crippen LogP contribution >= 0.6 is 0 Å². The lowest BCUT2D eigenvalue weighted by atomic mass is 9.83. The molecule has 152 valence electrons. The van der Waals surface area contributed by atoms with E-state index in [2.05, 4.69) is 4.98 Å². The Labute approximate surface area is 167 Å². The van der Waals surface area contributed by atoms with Crippen molar-refractivity contribution in [1.29, 1.82) is 0 Å². The van der Waals surface area contributed by atoms with Crippen molar-refractivity contribution >= 4 is 11.8 Å². The zero-order chi connectivity index (χ0) is 19.3. The van der Waals surface area contributed by atoms with Gasteiger partial charge >= 0.3 is 0 Å². The normalized spacial score (nSPS) is 23.9. The molecule has 0 radical (unpaired) electrons. The Morgan fingerprint density at radius 2 is 1.93 bits per heavy atom. The van der Waals surface area contributed by atoms with Crippen LogP contribution in [-0.2, 0) is 20.9 Å². The van der Waals surface area contributed by atoms with Crippen molar-refractivity contribution in [3.63, 3.8) is 0 Å². The molecule has 6 nitrogen and oxygen atoms in total. The van der Waals surface area contributed by atoms with E-state index >= 15 is 0 Å². The Kier molecular flexibility index (Phi) is 6.25. The highest BCUT2D eigenvalue weighted by Gasteiger charge is 2.37. The number of carbonyl (C=O) groups excluding carboxylic acids is 2. The summed E-state index contributed by atoms with van der Waals surface area (Å²) in [6.07, 6.45) is 10.3. The van der Waals surface area contributed by atoms with Crippen LogP contribution in [0.4, 0.5) is 0 Å². The van der Waals surface area contributed by atoms with E-state index in [-0.39, 0.29) is 29.7 Å². The molecule has 1 atom stereocenters. The Morgan fingerprint density at radius 3 is 2.61 bits per heavy atom. The molecule has 0 aromatic carbocycles. The predicted octanol–water partition coefficient (Wildman–Crippen LogP) is 2.63. The summed E-state index contributed by atoms with van der Waals surface area (Å²) < 4.78 is 5.41. The number of hydrogen-bond donors (Lipinski definition) is 0. The summed E-state index contributed by atoms with van der Waals surface area (Å²) in [5.41, 5.74) is 1.06. The van der Waals surface area contributed by atoms with Gasteiger partial charge in [0.1, 0.15) is 0 Å². The van der Waals surface area contributed by atoms with Gasteiger partial charge in [0, 0.05) is 63.1 Å². The third-order valence-electron chi connectivity index (χ3n) is 6.53. The maximum Gasteiger partial charge on any atom is 0.226 e. The van der Waals surface area contributed by atoms with Gasteiger partial charge in [0.15, 0.2) is 0 Å². The van der Waals surface area contributed by atoms with E-state index in [0.29, 0.717) is 26.3 Å². The third kappa shape index (κ3) is 4.37. The highest BCUT2D eigenvalue weighted by atomic mass is 16.5. The van der Waals surface area contributed by atoms with E-state index in [4.69, 9.17) is 4.74 Å². The summed E-state index contributed by atoms with van der Waals surface area (Å²) in [5.74, 6) is 0.769. The molecule has 1 aliphatic carbocycles. The Morgan fingerprint density at radius 1 is 1.11 bits per heavy atom. The highest BCUT2D eigenvalue weighted by Crippen LogP contribution is 2.31. The van der Waals surface area contributed by atoms with Crippen molar-refractivity contribution in [1.82, 2.24) is 14.8 Å². The van der Waals surface area contributed by atoms with E-state index in [1.54, 1.807) is 6.20 Å². The summed E-state index contributed by atoms with van der Waals surface area (Å²) in [5, 5.41) is 0. The zero-order valence-electron chi connectivity index (χ0n) is 16.6. The maximum absolute atomic E-state index is 13.2. The van der Waals surface area contributed by atoms with Crippen LogP contribution in [0.25, 0.3) is 0 Å². The molecule has 4 rings (SSSR count). The lowest BCUT2D eigenvalue weighted by molar-refractivity contribution is -0.147. The minimum Gasteiger partial charge on any atom is -0.381 e. The molecule has 0 N–H and O–H groups in total. The smallest absolute Gasteiger partial charge is 0.226 e. The maximum atomic E-state index is 13.2. The van der Waals surface area contributed by atoms with Gasteiger partial charge in [-0.25, -0.2) is 0 Å². The quantitative estimate of drug-likeness (QED) is 0.782. The van der Waals surface area contributed by atoms with E-state index in [9.17, 15) is 9.59 Å². The van der Waals surface area contributed by atoms with Gasteiger partial charge in [0.25, 0.3) is 0 Å². The van der Waals surface area contributed by atoms with Crippen molar-refractivity contribution in [2.75, 3.05) is 26.3 Å². The molecular formula is C22H31N3O3. The van der Waals surface area contributed by atoms with Crippen molar-refractivity contribution in [3.05, 3.63) is 30.1 Å². The first-order chi connectivity index (χ1) is 13.7. The number of pyridine rings is 1. The van der Waals surface area contributed by atoms with Gasteiger partial charge in [0.05, 0.1) is 0 Å². The minimum atomic E-state index is 0.0848. The molecular weight excluding hydrogens is 354 g/mol. The number of hydrogen-bond acceptors (Lipinski definition) is 4. The summed E-state index contributed by atoms with van der Waals surface area (Å²) in [6, 6.07) is 4.05. The fraction of sp³-hybridized carbons (Fsp3) is 0.682. The van der Waals surface area contributed by atoms with E-state index in [0.717, 1.165) is 57.1 Å². The average Bonchev–Trinajstić information content (AvgIpc) is 2.71.